The van der Waals surface area contributed by atoms with Crippen molar-refractivity contribution in [2.24, 2.45) is 29.1 Å². The Balaban J connectivity index is 1.35. The third-order valence-electron chi connectivity index (χ3n) is 10.1. The third-order valence-corrected chi connectivity index (χ3v) is 10.1. The summed E-state index contributed by atoms with van der Waals surface area (Å²) in [5.74, 6) is -4.03. The Labute approximate surface area is 244 Å². The van der Waals surface area contributed by atoms with Crippen LogP contribution in [0.3, 0.4) is 0 Å². The summed E-state index contributed by atoms with van der Waals surface area (Å²) in [5.41, 5.74) is 2.41. The number of carbonyl (C=O) groups is 4. The molecule has 2 saturated heterocycles. The van der Waals surface area contributed by atoms with Crippen LogP contribution in [-0.2, 0) is 25.6 Å². The van der Waals surface area contributed by atoms with Gasteiger partial charge in [-0.25, -0.2) is 4.90 Å². The number of carbonyl (C=O) groups excluding carboxylic acids is 4. The van der Waals surface area contributed by atoms with Gasteiger partial charge in [0.05, 0.1) is 34.5 Å². The first-order valence-electron chi connectivity index (χ1n) is 14.6. The predicted octanol–water partition coefficient (Wildman–Crippen LogP) is 5.39. The van der Waals surface area contributed by atoms with E-state index in [1.54, 1.807) is 42.5 Å². The van der Waals surface area contributed by atoms with Crippen molar-refractivity contribution in [2.75, 3.05) is 9.80 Å². The normalized spacial score (nSPS) is 30.2. The number of rotatable bonds is 4. The number of aromatic hydroxyl groups is 1. The van der Waals surface area contributed by atoms with E-state index < -0.39 is 35.0 Å². The van der Waals surface area contributed by atoms with Crippen molar-refractivity contribution >= 4 is 35.0 Å². The molecule has 0 spiro atoms. The van der Waals surface area contributed by atoms with Gasteiger partial charge in [0.1, 0.15) is 5.75 Å². The first kappa shape index (κ1) is 26.4. The smallest absolute Gasteiger partial charge is 0.241 e. The van der Waals surface area contributed by atoms with Gasteiger partial charge in [0.15, 0.2) is 0 Å². The molecular formula is C35H32N2O5. The van der Waals surface area contributed by atoms with Crippen LogP contribution in [0.2, 0.25) is 0 Å². The van der Waals surface area contributed by atoms with Crippen LogP contribution in [0.1, 0.15) is 43.7 Å². The van der Waals surface area contributed by atoms with Crippen molar-refractivity contribution in [1.82, 2.24) is 0 Å². The standard InChI is InChI=1S/C35H32N2O5/c1-3-20-13-15-22(16-14-20)36-31(39)25-18-17-23-26(29(25)33(36)41)19-27-32(40)37(21-9-5-4-6-10-21)34(42)35(27,2)30(23)24-11-7-8-12-28(24)38/h4-17,25-27,29-30,38H,3,18-19H2,1-2H3. The third kappa shape index (κ3) is 3.52. The molecule has 0 bridgehead atoms. The van der Waals surface area contributed by atoms with Gasteiger partial charge in [-0.2, -0.15) is 0 Å². The number of fused-ring (bicyclic) bond motifs is 4. The Morgan fingerprint density at radius 1 is 0.786 bits per heavy atom. The first-order valence-corrected chi connectivity index (χ1v) is 14.6. The van der Waals surface area contributed by atoms with Crippen molar-refractivity contribution in [1.29, 1.82) is 0 Å². The van der Waals surface area contributed by atoms with E-state index >= 15 is 0 Å². The van der Waals surface area contributed by atoms with Crippen molar-refractivity contribution in [3.05, 3.63) is 102 Å². The molecule has 2 heterocycles. The maximum absolute atomic E-state index is 14.3. The fraction of sp³-hybridized carbons (Fsp3) is 0.314. The number of phenolic OH excluding ortho intramolecular Hbond substituents is 1. The van der Waals surface area contributed by atoms with Gasteiger partial charge in [-0.3, -0.25) is 24.1 Å². The molecule has 3 aromatic rings. The maximum atomic E-state index is 14.3. The average molecular weight is 561 g/mol. The molecule has 1 saturated carbocycles. The lowest BCUT2D eigenvalue weighted by atomic mass is 9.51. The van der Waals surface area contributed by atoms with E-state index in [1.807, 2.05) is 49.4 Å². The Morgan fingerprint density at radius 2 is 1.45 bits per heavy atom. The summed E-state index contributed by atoms with van der Waals surface area (Å²) >= 11 is 0. The van der Waals surface area contributed by atoms with Crippen LogP contribution >= 0.6 is 0 Å². The summed E-state index contributed by atoms with van der Waals surface area (Å²) < 4.78 is 0. The summed E-state index contributed by atoms with van der Waals surface area (Å²) in [6, 6.07) is 23.3. The number of hydrogen-bond acceptors (Lipinski definition) is 5. The zero-order valence-electron chi connectivity index (χ0n) is 23.6. The number of anilines is 2. The minimum atomic E-state index is -1.18. The zero-order chi connectivity index (χ0) is 29.3. The van der Waals surface area contributed by atoms with Crippen LogP contribution in [0.5, 0.6) is 5.75 Å². The van der Waals surface area contributed by atoms with Crippen molar-refractivity contribution < 1.29 is 24.3 Å². The molecule has 4 aliphatic rings. The molecule has 212 valence electrons. The zero-order valence-corrected chi connectivity index (χ0v) is 23.6. The maximum Gasteiger partial charge on any atom is 0.241 e. The van der Waals surface area contributed by atoms with E-state index in [2.05, 4.69) is 6.92 Å². The van der Waals surface area contributed by atoms with Gasteiger partial charge in [0.25, 0.3) is 0 Å². The second-order valence-corrected chi connectivity index (χ2v) is 12.1. The van der Waals surface area contributed by atoms with Crippen LogP contribution in [0.15, 0.2) is 90.5 Å². The highest BCUT2D eigenvalue weighted by Gasteiger charge is 2.67. The van der Waals surface area contributed by atoms with E-state index in [4.69, 9.17) is 0 Å². The molecule has 42 heavy (non-hydrogen) atoms. The highest BCUT2D eigenvalue weighted by atomic mass is 16.3. The van der Waals surface area contributed by atoms with Crippen LogP contribution < -0.4 is 9.80 Å². The Morgan fingerprint density at radius 3 is 2.14 bits per heavy atom. The SMILES string of the molecule is CCc1ccc(N2C(=O)C3CC=C4C(CC5C(=O)N(c6ccccc6)C(=O)C5(C)C4c4ccccc4O)C3C2=O)cc1. The largest absolute Gasteiger partial charge is 0.508 e. The van der Waals surface area contributed by atoms with Crippen molar-refractivity contribution in [2.45, 2.75) is 39.0 Å². The van der Waals surface area contributed by atoms with Gasteiger partial charge in [-0.1, -0.05) is 67.1 Å². The molecule has 3 aromatic carbocycles. The Hall–Kier alpha value is -4.52. The lowest BCUT2D eigenvalue weighted by Crippen LogP contribution is -2.48. The fourth-order valence-corrected chi connectivity index (χ4v) is 8.05. The molecule has 3 fully saturated rings. The second-order valence-electron chi connectivity index (χ2n) is 12.1. The van der Waals surface area contributed by atoms with Gasteiger partial charge in [-0.05, 0) is 68.0 Å². The van der Waals surface area contributed by atoms with E-state index in [0.717, 1.165) is 17.6 Å². The van der Waals surface area contributed by atoms with Crippen LogP contribution in [0, 0.1) is 29.1 Å². The van der Waals surface area contributed by atoms with Crippen molar-refractivity contribution in [3.63, 3.8) is 0 Å². The molecule has 7 heteroatoms. The molecule has 7 rings (SSSR count). The molecule has 6 atom stereocenters. The fourth-order valence-electron chi connectivity index (χ4n) is 8.05. The quantitative estimate of drug-likeness (QED) is 0.341. The van der Waals surface area contributed by atoms with Gasteiger partial charge in [-0.15, -0.1) is 0 Å². The average Bonchev–Trinajstić information content (AvgIpc) is 3.37. The van der Waals surface area contributed by atoms with E-state index in [1.165, 1.54) is 9.80 Å². The topological polar surface area (TPSA) is 95.0 Å². The van der Waals surface area contributed by atoms with Gasteiger partial charge >= 0.3 is 0 Å². The molecule has 2 aliphatic heterocycles. The van der Waals surface area contributed by atoms with E-state index in [0.29, 0.717) is 23.4 Å². The Bertz CT molecular complexity index is 1660. The minimum absolute atomic E-state index is 0.0380. The van der Waals surface area contributed by atoms with Crippen LogP contribution in [-0.4, -0.2) is 28.7 Å². The number of imide groups is 2. The van der Waals surface area contributed by atoms with Crippen LogP contribution in [0.4, 0.5) is 11.4 Å². The van der Waals surface area contributed by atoms with Crippen LogP contribution in [0.25, 0.3) is 0 Å². The minimum Gasteiger partial charge on any atom is -0.508 e. The number of para-hydroxylation sites is 2. The lowest BCUT2D eigenvalue weighted by Gasteiger charge is -2.49. The summed E-state index contributed by atoms with van der Waals surface area (Å²) in [4.78, 5) is 58.9. The summed E-state index contributed by atoms with van der Waals surface area (Å²) in [7, 11) is 0. The first-order chi connectivity index (χ1) is 20.3. The van der Waals surface area contributed by atoms with Gasteiger partial charge in [0.2, 0.25) is 23.6 Å². The van der Waals surface area contributed by atoms with Crippen molar-refractivity contribution in [3.8, 4) is 5.75 Å². The molecule has 2 aliphatic carbocycles. The number of hydrogen-bond donors (Lipinski definition) is 1. The van der Waals surface area contributed by atoms with Gasteiger partial charge in [0, 0.05) is 11.5 Å². The summed E-state index contributed by atoms with van der Waals surface area (Å²) in [5, 5.41) is 11.1. The molecule has 6 unspecified atom stereocenters. The number of amides is 4. The van der Waals surface area contributed by atoms with E-state index in [9.17, 15) is 24.3 Å². The highest BCUT2D eigenvalue weighted by Crippen LogP contribution is 2.64. The molecule has 0 radical (unpaired) electrons. The number of allylic oxidation sites excluding steroid dienone is 2. The number of aryl methyl sites for hydroxylation is 1. The molecule has 4 amide bonds. The Kier molecular flexibility index (Phi) is 5.98. The van der Waals surface area contributed by atoms with E-state index in [-0.39, 0.29) is 35.8 Å². The monoisotopic (exact) mass is 560 g/mol. The molecule has 0 aromatic heterocycles. The number of phenols is 1. The molecular weight excluding hydrogens is 528 g/mol. The highest BCUT2D eigenvalue weighted by molar-refractivity contribution is 6.25. The lowest BCUT2D eigenvalue weighted by molar-refractivity contribution is -0.131. The number of nitrogens with zero attached hydrogens (tertiary/aromatic N) is 2. The van der Waals surface area contributed by atoms with Gasteiger partial charge < -0.3 is 5.11 Å². The summed E-state index contributed by atoms with van der Waals surface area (Å²) in [6.45, 7) is 3.87. The molecule has 7 nitrogen and oxygen atoms in total. The summed E-state index contributed by atoms with van der Waals surface area (Å²) in [6.07, 6.45) is 3.49. The number of benzene rings is 3. The predicted molar refractivity (Wildman–Crippen MR) is 157 cm³/mol. The second kappa shape index (κ2) is 9.51. The molecule has 1 N–H and O–H groups in total.